The van der Waals surface area contributed by atoms with E-state index in [1.54, 1.807) is 31.2 Å². The van der Waals surface area contributed by atoms with Gasteiger partial charge in [0.1, 0.15) is 11.4 Å². The van der Waals surface area contributed by atoms with Gasteiger partial charge in [0, 0.05) is 11.1 Å². The summed E-state index contributed by atoms with van der Waals surface area (Å²) in [6.45, 7) is 1.80. The molecule has 4 rings (SSSR count). The molecule has 1 amide bonds. The van der Waals surface area contributed by atoms with E-state index in [1.165, 1.54) is 5.56 Å². The van der Waals surface area contributed by atoms with Gasteiger partial charge in [0.15, 0.2) is 0 Å². The van der Waals surface area contributed by atoms with Crippen LogP contribution in [0.15, 0.2) is 53.6 Å². The molecule has 130 valence electrons. The molecule has 1 aromatic heterocycles. The molecule has 0 saturated carbocycles. The van der Waals surface area contributed by atoms with Crippen molar-refractivity contribution < 1.29 is 9.90 Å². The molecule has 3 aromatic rings. The number of aryl methyl sites for hydroxylation is 1. The van der Waals surface area contributed by atoms with E-state index in [0.717, 1.165) is 35.2 Å². The fourth-order valence-corrected chi connectivity index (χ4v) is 3.21. The molecule has 0 fully saturated rings. The third-order valence-electron chi connectivity index (χ3n) is 4.62. The van der Waals surface area contributed by atoms with Crippen LogP contribution in [0.4, 0.5) is 0 Å². The summed E-state index contributed by atoms with van der Waals surface area (Å²) in [6.07, 6.45) is 1.66. The molecule has 0 unspecified atom stereocenters. The molecule has 0 aliphatic heterocycles. The lowest BCUT2D eigenvalue weighted by Crippen LogP contribution is -2.21. The Bertz CT molecular complexity index is 1000. The SMILES string of the molecule is C/C(=N/NC(=O)c1[nH]nc2c1CCc1ccccc1-2)c1ccc(O)cc1. The highest BCUT2D eigenvalue weighted by Gasteiger charge is 2.24. The third kappa shape index (κ3) is 2.86. The molecule has 2 aromatic carbocycles. The van der Waals surface area contributed by atoms with Gasteiger partial charge in [-0.1, -0.05) is 24.3 Å². The molecule has 0 atom stereocenters. The highest BCUT2D eigenvalue weighted by molar-refractivity contribution is 6.01. The van der Waals surface area contributed by atoms with Crippen LogP contribution in [0, 0.1) is 0 Å². The van der Waals surface area contributed by atoms with E-state index in [-0.39, 0.29) is 11.7 Å². The van der Waals surface area contributed by atoms with Crippen molar-refractivity contribution in [1.82, 2.24) is 15.6 Å². The predicted octanol–water partition coefficient (Wildman–Crippen LogP) is 3.03. The van der Waals surface area contributed by atoms with Crippen molar-refractivity contribution >= 4 is 11.6 Å². The fraction of sp³-hybridized carbons (Fsp3) is 0.150. The summed E-state index contributed by atoms with van der Waals surface area (Å²) in [7, 11) is 0. The zero-order valence-electron chi connectivity index (χ0n) is 14.3. The van der Waals surface area contributed by atoms with Crippen molar-refractivity contribution in [2.24, 2.45) is 5.10 Å². The lowest BCUT2D eigenvalue weighted by Gasteiger charge is -2.15. The van der Waals surface area contributed by atoms with Crippen LogP contribution in [0.3, 0.4) is 0 Å². The fourth-order valence-electron chi connectivity index (χ4n) is 3.21. The summed E-state index contributed by atoms with van der Waals surface area (Å²) in [6, 6.07) is 14.8. The number of benzene rings is 2. The number of fused-ring (bicyclic) bond motifs is 3. The van der Waals surface area contributed by atoms with Crippen LogP contribution in [-0.2, 0) is 12.8 Å². The second kappa shape index (κ2) is 6.48. The lowest BCUT2D eigenvalue weighted by molar-refractivity contribution is 0.0949. The standard InChI is InChI=1S/C20H18N4O2/c1-12(13-6-9-15(25)10-7-13)21-24-20(26)19-17-11-8-14-4-2-3-5-16(14)18(17)22-23-19/h2-7,9-10,25H,8,11H2,1H3,(H,22,23)(H,24,26)/b21-12-. The number of amides is 1. The van der Waals surface area contributed by atoms with E-state index in [1.807, 2.05) is 18.2 Å². The first-order valence-corrected chi connectivity index (χ1v) is 8.43. The molecule has 26 heavy (non-hydrogen) atoms. The zero-order chi connectivity index (χ0) is 18.1. The summed E-state index contributed by atoms with van der Waals surface area (Å²) in [5.74, 6) is -0.119. The highest BCUT2D eigenvalue weighted by Crippen LogP contribution is 2.33. The first-order valence-electron chi connectivity index (χ1n) is 8.43. The average Bonchev–Trinajstić information content (AvgIpc) is 3.11. The Labute approximate surface area is 150 Å². The Kier molecular flexibility index (Phi) is 4.01. The summed E-state index contributed by atoms with van der Waals surface area (Å²) in [5.41, 5.74) is 8.61. The van der Waals surface area contributed by atoms with Crippen molar-refractivity contribution in [3.63, 3.8) is 0 Å². The number of aromatic amines is 1. The first-order chi connectivity index (χ1) is 12.6. The zero-order valence-corrected chi connectivity index (χ0v) is 14.3. The molecule has 0 saturated heterocycles. The molecule has 0 radical (unpaired) electrons. The highest BCUT2D eigenvalue weighted by atomic mass is 16.3. The van der Waals surface area contributed by atoms with E-state index in [4.69, 9.17) is 0 Å². The number of nitrogens with one attached hydrogen (secondary N) is 2. The predicted molar refractivity (Wildman–Crippen MR) is 99.2 cm³/mol. The first kappa shape index (κ1) is 16.1. The number of hydrogen-bond donors (Lipinski definition) is 3. The van der Waals surface area contributed by atoms with Crippen LogP contribution in [0.1, 0.15) is 34.1 Å². The van der Waals surface area contributed by atoms with Crippen molar-refractivity contribution in [3.8, 4) is 17.0 Å². The number of hydrazone groups is 1. The second-order valence-corrected chi connectivity index (χ2v) is 6.27. The van der Waals surface area contributed by atoms with Crippen molar-refractivity contribution in [2.45, 2.75) is 19.8 Å². The van der Waals surface area contributed by atoms with Gasteiger partial charge in [-0.15, -0.1) is 0 Å². The topological polar surface area (TPSA) is 90.4 Å². The van der Waals surface area contributed by atoms with Gasteiger partial charge < -0.3 is 5.11 Å². The van der Waals surface area contributed by atoms with E-state index in [9.17, 15) is 9.90 Å². The number of aromatic nitrogens is 2. The number of nitrogens with zero attached hydrogens (tertiary/aromatic N) is 2. The minimum atomic E-state index is -0.309. The number of rotatable bonds is 3. The normalized spacial score (nSPS) is 13.0. The van der Waals surface area contributed by atoms with Gasteiger partial charge in [-0.3, -0.25) is 9.89 Å². The molecule has 0 spiro atoms. The molecule has 1 aliphatic rings. The second-order valence-electron chi connectivity index (χ2n) is 6.27. The minimum Gasteiger partial charge on any atom is -0.508 e. The summed E-state index contributed by atoms with van der Waals surface area (Å²) in [5, 5.41) is 20.7. The van der Waals surface area contributed by atoms with Crippen molar-refractivity contribution in [1.29, 1.82) is 0 Å². The molecule has 3 N–H and O–H groups in total. The number of phenolic OH excluding ortho intramolecular Hbond substituents is 1. The number of H-pyrrole nitrogens is 1. The van der Waals surface area contributed by atoms with Crippen LogP contribution in [-0.4, -0.2) is 26.9 Å². The molecule has 1 heterocycles. The number of phenols is 1. The largest absolute Gasteiger partial charge is 0.508 e. The van der Waals surface area contributed by atoms with E-state index in [0.29, 0.717) is 11.4 Å². The van der Waals surface area contributed by atoms with Crippen molar-refractivity contribution in [3.05, 3.63) is 70.9 Å². The maximum absolute atomic E-state index is 12.6. The molecular weight excluding hydrogens is 328 g/mol. The minimum absolute atomic E-state index is 0.190. The van der Waals surface area contributed by atoms with Gasteiger partial charge in [-0.2, -0.15) is 10.2 Å². The summed E-state index contributed by atoms with van der Waals surface area (Å²) in [4.78, 5) is 12.6. The van der Waals surface area contributed by atoms with Crippen LogP contribution in [0.2, 0.25) is 0 Å². The van der Waals surface area contributed by atoms with Crippen molar-refractivity contribution in [2.75, 3.05) is 0 Å². The summed E-state index contributed by atoms with van der Waals surface area (Å²) >= 11 is 0. The monoisotopic (exact) mass is 346 g/mol. The Hall–Kier alpha value is -3.41. The molecule has 1 aliphatic carbocycles. The Morgan fingerprint density at radius 1 is 1.15 bits per heavy atom. The van der Waals surface area contributed by atoms with Crippen LogP contribution < -0.4 is 5.43 Å². The van der Waals surface area contributed by atoms with Crippen LogP contribution in [0.5, 0.6) is 5.75 Å². The maximum atomic E-state index is 12.6. The Morgan fingerprint density at radius 2 is 1.92 bits per heavy atom. The molecule has 6 nitrogen and oxygen atoms in total. The number of carbonyl (C=O) groups is 1. The molecule has 6 heteroatoms. The summed E-state index contributed by atoms with van der Waals surface area (Å²) < 4.78 is 0. The van der Waals surface area contributed by atoms with Gasteiger partial charge in [0.25, 0.3) is 5.91 Å². The third-order valence-corrected chi connectivity index (χ3v) is 4.62. The van der Waals surface area contributed by atoms with Gasteiger partial charge in [0.2, 0.25) is 0 Å². The van der Waals surface area contributed by atoms with Gasteiger partial charge in [0.05, 0.1) is 11.4 Å². The average molecular weight is 346 g/mol. The van der Waals surface area contributed by atoms with Crippen LogP contribution >= 0.6 is 0 Å². The number of aromatic hydroxyl groups is 1. The smallest absolute Gasteiger partial charge is 0.289 e. The number of carbonyl (C=O) groups excluding carboxylic acids is 1. The quantitative estimate of drug-likeness (QED) is 0.503. The lowest BCUT2D eigenvalue weighted by atomic mass is 9.89. The van der Waals surface area contributed by atoms with Gasteiger partial charge >= 0.3 is 0 Å². The van der Waals surface area contributed by atoms with Gasteiger partial charge in [-0.25, -0.2) is 5.43 Å². The van der Waals surface area contributed by atoms with Gasteiger partial charge in [-0.05, 0) is 55.2 Å². The maximum Gasteiger partial charge on any atom is 0.289 e. The van der Waals surface area contributed by atoms with E-state index in [2.05, 4.69) is 26.8 Å². The van der Waals surface area contributed by atoms with Crippen LogP contribution in [0.25, 0.3) is 11.3 Å². The molecular formula is C20H18N4O2. The van der Waals surface area contributed by atoms with E-state index < -0.39 is 0 Å². The Balaban J connectivity index is 1.56. The molecule has 0 bridgehead atoms. The Morgan fingerprint density at radius 3 is 2.73 bits per heavy atom. The van der Waals surface area contributed by atoms with E-state index >= 15 is 0 Å². The number of hydrogen-bond acceptors (Lipinski definition) is 4.